The average Bonchev–Trinajstić information content (AvgIpc) is 3.62. The van der Waals surface area contributed by atoms with E-state index >= 15 is 0 Å². The number of nitrogens with one attached hydrogen (secondary N) is 5. The number of anilines is 2. The summed E-state index contributed by atoms with van der Waals surface area (Å²) in [5, 5.41) is 26.6. The van der Waals surface area contributed by atoms with Crippen LogP contribution in [0.15, 0.2) is 36.9 Å². The maximum Gasteiger partial charge on any atom is 0.435 e. The number of aromatic nitrogens is 5. The number of halogens is 4. The Bertz CT molecular complexity index is 1810. The molecule has 0 atom stereocenters. The Morgan fingerprint density at radius 2 is 2.04 bits per heavy atom. The van der Waals surface area contributed by atoms with Gasteiger partial charge in [0.2, 0.25) is 5.91 Å². The van der Waals surface area contributed by atoms with Crippen molar-refractivity contribution in [1.29, 1.82) is 5.26 Å². The predicted octanol–water partition coefficient (Wildman–Crippen LogP) is 1.47. The van der Waals surface area contributed by atoms with Gasteiger partial charge in [-0.15, -0.1) is 0 Å². The summed E-state index contributed by atoms with van der Waals surface area (Å²) < 4.78 is 48.6. The van der Waals surface area contributed by atoms with E-state index < -0.39 is 24.3 Å². The summed E-state index contributed by atoms with van der Waals surface area (Å²) in [4.78, 5) is 44.5. The number of hydrogen-bond donors (Lipinski definition) is 5. The lowest BCUT2D eigenvalue weighted by Crippen LogP contribution is -2.58. The van der Waals surface area contributed by atoms with Gasteiger partial charge in [-0.2, -0.15) is 23.5 Å². The number of benzene rings is 1. The third-order valence-electron chi connectivity index (χ3n) is 6.75. The molecule has 1 aliphatic heterocycles. The first-order chi connectivity index (χ1) is 22.1. The molecule has 5 N–H and O–H groups in total. The second-order valence-corrected chi connectivity index (χ2v) is 10.2. The Labute approximate surface area is 263 Å². The SMILES string of the molecule is N#CCn1cc(-c2cnc3c(Nc4ccc(C(=O)NCCNCC(=O)NC5CNC5)c(Cl)c4OC=O)nccn23)c(C(F)(F)F)n1. The Kier molecular flexibility index (Phi) is 9.65. The van der Waals surface area contributed by atoms with E-state index in [4.69, 9.17) is 21.6 Å². The third kappa shape index (κ3) is 7.01. The van der Waals surface area contributed by atoms with Crippen LogP contribution >= 0.6 is 11.6 Å². The van der Waals surface area contributed by atoms with Crippen LogP contribution in [0.2, 0.25) is 5.02 Å². The number of fused-ring (bicyclic) bond motifs is 1. The van der Waals surface area contributed by atoms with Gasteiger partial charge in [0.1, 0.15) is 6.54 Å². The maximum absolute atomic E-state index is 13.8. The molecule has 4 aromatic rings. The lowest BCUT2D eigenvalue weighted by molar-refractivity contribution is -0.141. The molecule has 0 aliphatic carbocycles. The zero-order chi connectivity index (χ0) is 32.8. The molecule has 0 spiro atoms. The van der Waals surface area contributed by atoms with Crippen molar-refractivity contribution in [3.63, 3.8) is 0 Å². The van der Waals surface area contributed by atoms with Crippen LogP contribution in [0.1, 0.15) is 16.1 Å². The molecule has 0 saturated carbocycles. The second-order valence-electron chi connectivity index (χ2n) is 9.86. The van der Waals surface area contributed by atoms with E-state index in [0.29, 0.717) is 6.54 Å². The van der Waals surface area contributed by atoms with Crippen LogP contribution in [0.25, 0.3) is 16.9 Å². The number of nitrogens with zero attached hydrogens (tertiary/aromatic N) is 6. The molecule has 0 bridgehead atoms. The van der Waals surface area contributed by atoms with Crippen molar-refractivity contribution in [2.45, 2.75) is 18.8 Å². The van der Waals surface area contributed by atoms with E-state index in [0.717, 1.165) is 24.0 Å². The highest BCUT2D eigenvalue weighted by Gasteiger charge is 2.38. The lowest BCUT2D eigenvalue weighted by Gasteiger charge is -2.27. The molecule has 15 nitrogen and oxygen atoms in total. The summed E-state index contributed by atoms with van der Waals surface area (Å²) in [6, 6.07) is 4.65. The van der Waals surface area contributed by atoms with Crippen molar-refractivity contribution in [3.8, 4) is 23.1 Å². The zero-order valence-electron chi connectivity index (χ0n) is 23.7. The topological polar surface area (TPSA) is 192 Å². The van der Waals surface area contributed by atoms with Crippen molar-refractivity contribution in [2.75, 3.05) is 38.0 Å². The summed E-state index contributed by atoms with van der Waals surface area (Å²) >= 11 is 6.46. The first-order valence-corrected chi connectivity index (χ1v) is 14.0. The first-order valence-electron chi connectivity index (χ1n) is 13.6. The molecule has 5 rings (SSSR count). The van der Waals surface area contributed by atoms with Gasteiger partial charge in [-0.3, -0.25) is 23.5 Å². The number of nitriles is 1. The highest BCUT2D eigenvalue weighted by molar-refractivity contribution is 6.36. The third-order valence-corrected chi connectivity index (χ3v) is 7.12. The number of carbonyl (C=O) groups is 3. The van der Waals surface area contributed by atoms with Gasteiger partial charge in [0, 0.05) is 44.8 Å². The second kappa shape index (κ2) is 13.8. The number of alkyl halides is 3. The largest absolute Gasteiger partial charge is 0.435 e. The summed E-state index contributed by atoms with van der Waals surface area (Å²) in [5.74, 6) is -0.888. The molecule has 0 unspecified atom stereocenters. The van der Waals surface area contributed by atoms with Crippen LogP contribution in [-0.2, 0) is 22.3 Å². The summed E-state index contributed by atoms with van der Waals surface area (Å²) in [7, 11) is 0. The molecule has 3 aromatic heterocycles. The zero-order valence-corrected chi connectivity index (χ0v) is 24.4. The van der Waals surface area contributed by atoms with Crippen molar-refractivity contribution in [2.24, 2.45) is 0 Å². The Morgan fingerprint density at radius 3 is 2.74 bits per heavy atom. The van der Waals surface area contributed by atoms with Crippen molar-refractivity contribution in [3.05, 3.63) is 53.2 Å². The maximum atomic E-state index is 13.8. The van der Waals surface area contributed by atoms with E-state index in [1.54, 1.807) is 6.07 Å². The van der Waals surface area contributed by atoms with Crippen molar-refractivity contribution < 1.29 is 32.3 Å². The molecule has 1 aromatic carbocycles. The number of ether oxygens (including phenoxy) is 1. The summed E-state index contributed by atoms with van der Waals surface area (Å²) in [6.07, 6.45) is 0.186. The van der Waals surface area contributed by atoms with Crippen LogP contribution < -0.4 is 31.3 Å². The Balaban J connectivity index is 1.32. The standard InChI is InChI=1S/C27H25ClF3N11O4/c28-21-16(26(45)36-5-4-33-12-20(44)38-15-9-34-10-15)1-2-18(22(21)46-14-43)39-24-25-37-11-19(42(25)8-6-35-24)17-13-41(7-3-32)40-23(17)27(29,30)31/h1-2,6,8,11,13-15,33-34H,4-5,7,9-10,12H2,(H,35,39)(H,36,45)(H,38,44). The van der Waals surface area contributed by atoms with Crippen molar-refractivity contribution in [1.82, 2.24) is 45.4 Å². The Hall–Kier alpha value is -5.25. The predicted molar refractivity (Wildman–Crippen MR) is 156 cm³/mol. The number of imidazole rings is 1. The van der Waals surface area contributed by atoms with E-state index in [1.807, 2.05) is 0 Å². The van der Waals surface area contributed by atoms with Gasteiger partial charge in [-0.1, -0.05) is 11.6 Å². The fraction of sp³-hybridized carbons (Fsp3) is 0.296. The van der Waals surface area contributed by atoms with Crippen LogP contribution in [0.4, 0.5) is 24.7 Å². The van der Waals surface area contributed by atoms with Gasteiger partial charge in [-0.05, 0) is 12.1 Å². The highest BCUT2D eigenvalue weighted by atomic mass is 35.5. The Morgan fingerprint density at radius 1 is 1.24 bits per heavy atom. The molecular formula is C27H25ClF3N11O4. The summed E-state index contributed by atoms with van der Waals surface area (Å²) in [6.45, 7) is 1.72. The van der Waals surface area contributed by atoms with Crippen molar-refractivity contribution >= 4 is 47.0 Å². The van der Waals surface area contributed by atoms with Gasteiger partial charge >= 0.3 is 6.18 Å². The molecule has 1 aliphatic rings. The normalized spacial score (nSPS) is 13.1. The van der Waals surface area contributed by atoms with E-state index in [9.17, 15) is 27.6 Å². The van der Waals surface area contributed by atoms with Gasteiger partial charge in [-0.25, -0.2) is 9.97 Å². The molecule has 19 heteroatoms. The molecule has 2 amide bonds. The van der Waals surface area contributed by atoms with E-state index in [-0.39, 0.29) is 76.3 Å². The molecular weight excluding hydrogens is 635 g/mol. The molecule has 1 saturated heterocycles. The molecule has 4 heterocycles. The lowest BCUT2D eigenvalue weighted by atomic mass is 10.1. The monoisotopic (exact) mass is 659 g/mol. The smallest absolute Gasteiger partial charge is 0.425 e. The van der Waals surface area contributed by atoms with E-state index in [2.05, 4.69) is 41.7 Å². The van der Waals surface area contributed by atoms with Gasteiger partial charge in [0.15, 0.2) is 22.9 Å². The van der Waals surface area contributed by atoms with Crippen LogP contribution in [0.5, 0.6) is 5.75 Å². The van der Waals surface area contributed by atoms with Gasteiger partial charge in [0.05, 0.1) is 52.4 Å². The fourth-order valence-electron chi connectivity index (χ4n) is 4.53. The quantitative estimate of drug-likeness (QED) is 0.103. The average molecular weight is 660 g/mol. The minimum atomic E-state index is -4.81. The van der Waals surface area contributed by atoms with Gasteiger partial charge in [0.25, 0.3) is 12.4 Å². The number of hydrogen-bond acceptors (Lipinski definition) is 11. The number of carbonyl (C=O) groups excluding carboxylic acids is 3. The number of rotatable bonds is 13. The van der Waals surface area contributed by atoms with Crippen LogP contribution in [0.3, 0.4) is 0 Å². The van der Waals surface area contributed by atoms with Gasteiger partial charge < -0.3 is 31.3 Å². The summed E-state index contributed by atoms with van der Waals surface area (Å²) in [5.41, 5.74) is -1.29. The highest BCUT2D eigenvalue weighted by Crippen LogP contribution is 2.39. The first kappa shape index (κ1) is 32.2. The number of amides is 2. The molecule has 240 valence electrons. The van der Waals surface area contributed by atoms with Crippen LogP contribution in [0, 0.1) is 11.3 Å². The molecule has 1 fully saturated rings. The minimum absolute atomic E-state index is 0.0115. The van der Waals surface area contributed by atoms with E-state index in [1.165, 1.54) is 35.1 Å². The minimum Gasteiger partial charge on any atom is -0.425 e. The molecule has 46 heavy (non-hydrogen) atoms. The van der Waals surface area contributed by atoms with Crippen LogP contribution in [-0.4, -0.2) is 81.2 Å². The fourth-order valence-corrected chi connectivity index (χ4v) is 4.83. The molecule has 0 radical (unpaired) electrons.